The van der Waals surface area contributed by atoms with Gasteiger partial charge in [0.1, 0.15) is 11.6 Å². The first-order valence-corrected chi connectivity index (χ1v) is 9.56. The summed E-state index contributed by atoms with van der Waals surface area (Å²) in [7, 11) is 1.17. The smallest absolute Gasteiger partial charge is 0.410 e. The van der Waals surface area contributed by atoms with Crippen LogP contribution >= 0.6 is 11.6 Å². The van der Waals surface area contributed by atoms with E-state index in [0.717, 1.165) is 4.90 Å². The predicted molar refractivity (Wildman–Crippen MR) is 102 cm³/mol. The molecule has 0 spiro atoms. The van der Waals surface area contributed by atoms with Crippen LogP contribution in [0.25, 0.3) is 0 Å². The molecule has 8 nitrogen and oxygen atoms in total. The number of ether oxygens (including phenoxy) is 1. The first kappa shape index (κ1) is 20.8. The third kappa shape index (κ3) is 4.40. The maximum absolute atomic E-state index is 12.7. The number of nitrogens with one attached hydrogen (secondary N) is 1. The van der Waals surface area contributed by atoms with E-state index in [2.05, 4.69) is 5.32 Å². The lowest BCUT2D eigenvalue weighted by atomic mass is 9.94. The summed E-state index contributed by atoms with van der Waals surface area (Å²) < 4.78 is 4.71. The van der Waals surface area contributed by atoms with Gasteiger partial charge in [-0.1, -0.05) is 29.8 Å². The molecule has 2 fully saturated rings. The molecule has 1 aromatic carbocycles. The van der Waals surface area contributed by atoms with Gasteiger partial charge in [-0.2, -0.15) is 5.26 Å². The van der Waals surface area contributed by atoms with E-state index in [0.29, 0.717) is 23.4 Å². The number of hydrogen-bond donors (Lipinski definition) is 1. The molecular weight excluding hydrogens is 398 g/mol. The summed E-state index contributed by atoms with van der Waals surface area (Å²) >= 11 is 6.05. The number of halogens is 1. The Morgan fingerprint density at radius 2 is 2.00 bits per heavy atom. The maximum Gasteiger partial charge on any atom is 0.410 e. The molecule has 2 aliphatic rings. The van der Waals surface area contributed by atoms with Crippen molar-refractivity contribution < 1.29 is 23.9 Å². The highest BCUT2D eigenvalue weighted by atomic mass is 35.5. The van der Waals surface area contributed by atoms with Crippen LogP contribution in [-0.4, -0.2) is 53.7 Å². The summed E-state index contributed by atoms with van der Waals surface area (Å²) in [5, 5.41) is 12.2. The highest BCUT2D eigenvalue weighted by molar-refractivity contribution is 6.39. The Bertz CT molecular complexity index is 906. The molecule has 2 unspecified atom stereocenters. The molecule has 1 N–H and O–H groups in total. The standard InChI is InChI=1S/C20H20ClN3O5/c1-29-19(28)24-10-13(8-15(24)18(27)23-20(11-22)6-7-20)17(26)16(25)9-12-4-2-3-5-14(12)21/h2-5,13,15H,6-10H2,1H3,(H,23,27). The minimum atomic E-state index is -0.977. The number of nitrogens with zero attached hydrogens (tertiary/aromatic N) is 2. The van der Waals surface area contributed by atoms with E-state index in [1.807, 2.05) is 6.07 Å². The molecule has 1 saturated carbocycles. The van der Waals surface area contributed by atoms with Crippen molar-refractivity contribution in [1.82, 2.24) is 10.2 Å². The molecule has 2 atom stereocenters. The number of ketones is 2. The lowest BCUT2D eigenvalue weighted by molar-refractivity contribution is -0.138. The zero-order valence-corrected chi connectivity index (χ0v) is 16.6. The number of benzene rings is 1. The Kier molecular flexibility index (Phi) is 5.89. The molecule has 0 radical (unpaired) electrons. The fourth-order valence-electron chi connectivity index (χ4n) is 3.43. The predicted octanol–water partition coefficient (Wildman–Crippen LogP) is 1.65. The Balaban J connectivity index is 1.71. The van der Waals surface area contributed by atoms with Crippen LogP contribution in [0, 0.1) is 17.2 Å². The Morgan fingerprint density at radius 3 is 2.59 bits per heavy atom. The average molecular weight is 418 g/mol. The minimum absolute atomic E-state index is 0.00443. The summed E-state index contributed by atoms with van der Waals surface area (Å²) in [5.41, 5.74) is -0.366. The summed E-state index contributed by atoms with van der Waals surface area (Å²) in [6, 6.07) is 7.81. The minimum Gasteiger partial charge on any atom is -0.453 e. The van der Waals surface area contributed by atoms with Crippen molar-refractivity contribution in [2.24, 2.45) is 5.92 Å². The average Bonchev–Trinajstić information content (AvgIpc) is 3.34. The normalized spacial score (nSPS) is 21.8. The van der Waals surface area contributed by atoms with Crippen molar-refractivity contribution in [3.8, 4) is 6.07 Å². The summed E-state index contributed by atoms with van der Waals surface area (Å²) in [4.78, 5) is 51.0. The van der Waals surface area contributed by atoms with Crippen molar-refractivity contribution in [3.63, 3.8) is 0 Å². The fourth-order valence-corrected chi connectivity index (χ4v) is 3.63. The van der Waals surface area contributed by atoms with Crippen LogP contribution < -0.4 is 5.32 Å². The fraction of sp³-hybridized carbons (Fsp3) is 0.450. The van der Waals surface area contributed by atoms with E-state index in [-0.39, 0.29) is 19.4 Å². The second kappa shape index (κ2) is 8.21. The number of methoxy groups -OCH3 is 1. The highest BCUT2D eigenvalue weighted by Gasteiger charge is 2.49. The Morgan fingerprint density at radius 1 is 1.31 bits per heavy atom. The summed E-state index contributed by atoms with van der Waals surface area (Å²) in [6.45, 7) is -0.0998. The molecule has 2 amide bonds. The molecule has 1 aliphatic carbocycles. The van der Waals surface area contributed by atoms with Gasteiger partial charge in [0, 0.05) is 23.9 Å². The number of nitriles is 1. The van der Waals surface area contributed by atoms with Gasteiger partial charge in [0.05, 0.1) is 13.2 Å². The summed E-state index contributed by atoms with van der Waals surface area (Å²) in [5.74, 6) is -2.64. The van der Waals surface area contributed by atoms with Crippen LogP contribution in [0.15, 0.2) is 24.3 Å². The van der Waals surface area contributed by atoms with Crippen LogP contribution in [0.2, 0.25) is 5.02 Å². The van der Waals surface area contributed by atoms with Gasteiger partial charge in [0.2, 0.25) is 17.5 Å². The van der Waals surface area contributed by atoms with E-state index in [9.17, 15) is 19.2 Å². The lowest BCUT2D eigenvalue weighted by Gasteiger charge is -2.23. The monoisotopic (exact) mass is 417 g/mol. The second-order valence-electron chi connectivity index (χ2n) is 7.31. The van der Waals surface area contributed by atoms with E-state index in [1.165, 1.54) is 7.11 Å². The molecule has 3 rings (SSSR count). The van der Waals surface area contributed by atoms with Gasteiger partial charge in [-0.15, -0.1) is 0 Å². The molecule has 1 heterocycles. The van der Waals surface area contributed by atoms with Gasteiger partial charge in [-0.05, 0) is 30.9 Å². The van der Waals surface area contributed by atoms with Crippen LogP contribution in [0.1, 0.15) is 24.8 Å². The Labute approximate surface area is 172 Å². The SMILES string of the molecule is COC(=O)N1CC(C(=O)C(=O)Cc2ccccc2Cl)CC1C(=O)NC1(C#N)CC1. The number of hydrogen-bond acceptors (Lipinski definition) is 6. The van der Waals surface area contributed by atoms with Crippen LogP contribution in [-0.2, 0) is 25.5 Å². The molecular formula is C20H20ClN3O5. The summed E-state index contributed by atoms with van der Waals surface area (Å²) in [6.07, 6.45) is 0.162. The maximum atomic E-state index is 12.7. The molecule has 0 bridgehead atoms. The molecule has 152 valence electrons. The second-order valence-corrected chi connectivity index (χ2v) is 7.72. The molecule has 1 saturated heterocycles. The van der Waals surface area contributed by atoms with Gasteiger partial charge in [0.25, 0.3) is 0 Å². The van der Waals surface area contributed by atoms with Gasteiger partial charge in [0.15, 0.2) is 0 Å². The third-order valence-corrected chi connectivity index (χ3v) is 5.66. The molecule has 1 aromatic rings. The highest BCUT2D eigenvalue weighted by Crippen LogP contribution is 2.35. The third-order valence-electron chi connectivity index (χ3n) is 5.29. The van der Waals surface area contributed by atoms with E-state index in [4.69, 9.17) is 21.6 Å². The van der Waals surface area contributed by atoms with E-state index < -0.39 is 41.1 Å². The van der Waals surface area contributed by atoms with E-state index in [1.54, 1.807) is 24.3 Å². The number of amides is 2. The van der Waals surface area contributed by atoms with Crippen LogP contribution in [0.5, 0.6) is 0 Å². The molecule has 29 heavy (non-hydrogen) atoms. The van der Waals surface area contributed by atoms with Crippen molar-refractivity contribution in [1.29, 1.82) is 5.26 Å². The lowest BCUT2D eigenvalue weighted by Crippen LogP contribution is -2.49. The quantitative estimate of drug-likeness (QED) is 0.703. The van der Waals surface area contributed by atoms with Crippen molar-refractivity contribution in [3.05, 3.63) is 34.9 Å². The van der Waals surface area contributed by atoms with Gasteiger partial charge >= 0.3 is 6.09 Å². The molecule has 0 aromatic heterocycles. The Hall–Kier alpha value is -2.92. The number of carbonyl (C=O) groups is 4. The van der Waals surface area contributed by atoms with Gasteiger partial charge < -0.3 is 10.1 Å². The van der Waals surface area contributed by atoms with Crippen LogP contribution in [0.3, 0.4) is 0 Å². The van der Waals surface area contributed by atoms with Crippen molar-refractivity contribution in [2.75, 3.05) is 13.7 Å². The first-order chi connectivity index (χ1) is 13.8. The number of carbonyl (C=O) groups excluding carboxylic acids is 4. The largest absolute Gasteiger partial charge is 0.453 e. The van der Waals surface area contributed by atoms with Crippen molar-refractivity contribution >= 4 is 35.2 Å². The van der Waals surface area contributed by atoms with E-state index >= 15 is 0 Å². The van der Waals surface area contributed by atoms with Gasteiger partial charge in [-0.25, -0.2) is 4.79 Å². The number of likely N-dealkylation sites (tertiary alicyclic amines) is 1. The zero-order chi connectivity index (χ0) is 21.2. The zero-order valence-electron chi connectivity index (χ0n) is 15.8. The van der Waals surface area contributed by atoms with Crippen molar-refractivity contribution in [2.45, 2.75) is 37.3 Å². The molecule has 1 aliphatic heterocycles. The number of rotatable bonds is 6. The number of Topliss-reactive ketones (excluding diaryl/α,β-unsaturated/α-hetero) is 2. The van der Waals surface area contributed by atoms with Crippen LogP contribution in [0.4, 0.5) is 4.79 Å². The molecule has 9 heteroatoms. The first-order valence-electron chi connectivity index (χ1n) is 9.18. The van der Waals surface area contributed by atoms with Gasteiger partial charge in [-0.3, -0.25) is 19.3 Å². The topological polar surface area (TPSA) is 117 Å².